The van der Waals surface area contributed by atoms with E-state index in [2.05, 4.69) is 4.72 Å². The summed E-state index contributed by atoms with van der Waals surface area (Å²) < 4.78 is 37.5. The molecule has 2 aromatic rings. The number of carbonyl (C=O) groups excluding carboxylic acids is 1. The first-order valence-corrected chi connectivity index (χ1v) is 10.7. The number of benzene rings is 2. The minimum absolute atomic E-state index is 0.00497. The van der Waals surface area contributed by atoms with E-state index in [1.165, 1.54) is 31.3 Å². The molecule has 0 aromatic heterocycles. The summed E-state index contributed by atoms with van der Waals surface area (Å²) in [7, 11) is 1.42. The number of hydrogen-bond acceptors (Lipinski definition) is 4. The Bertz CT molecular complexity index is 1050. The Morgan fingerprint density at radius 3 is 2.68 bits per heavy atom. The molecule has 2 rings (SSSR count). The van der Waals surface area contributed by atoms with Crippen molar-refractivity contribution in [3.63, 3.8) is 0 Å². The van der Waals surface area contributed by atoms with Crippen LogP contribution < -0.4 is 13.8 Å². The molecule has 0 fully saturated rings. The van der Waals surface area contributed by atoms with E-state index in [4.69, 9.17) is 4.74 Å². The van der Waals surface area contributed by atoms with Crippen molar-refractivity contribution >= 4 is 39.9 Å². The minimum atomic E-state index is -1.90. The molecular formula is C22H25FN2O5S. The molecule has 0 radical (unpaired) electrons. The second-order valence-electron chi connectivity index (χ2n) is 6.44. The highest BCUT2D eigenvalue weighted by Gasteiger charge is 2.25. The molecule has 2 aromatic carbocycles. The lowest BCUT2D eigenvalue weighted by molar-refractivity contribution is -0.106. The molecule has 166 valence electrons. The molecule has 0 aliphatic rings. The first-order chi connectivity index (χ1) is 14.9. The molecule has 0 aliphatic heterocycles. The number of allylic oxidation sites excluding steroid dienone is 2. The summed E-state index contributed by atoms with van der Waals surface area (Å²) in [6.07, 6.45) is 6.94. The molecule has 0 amide bonds. The maximum Gasteiger partial charge on any atom is 0.335 e. The van der Waals surface area contributed by atoms with E-state index in [0.717, 1.165) is 16.3 Å². The third kappa shape index (κ3) is 5.77. The van der Waals surface area contributed by atoms with Crippen LogP contribution in [0, 0.1) is 5.82 Å². The van der Waals surface area contributed by atoms with Gasteiger partial charge >= 0.3 is 5.97 Å². The van der Waals surface area contributed by atoms with Crippen LogP contribution in [0.1, 0.15) is 30.6 Å². The molecule has 0 aliphatic carbocycles. The van der Waals surface area contributed by atoms with E-state index in [0.29, 0.717) is 11.7 Å². The lowest BCUT2D eigenvalue weighted by Gasteiger charge is -2.24. The Balaban J connectivity index is 2.70. The number of halogens is 1. The van der Waals surface area contributed by atoms with Crippen LogP contribution in [-0.4, -0.2) is 41.8 Å². The number of nitrogens with zero attached hydrogens (tertiary/aromatic N) is 1. The fraction of sp³-hybridized carbons (Fsp3) is 0.273. The van der Waals surface area contributed by atoms with Gasteiger partial charge in [-0.1, -0.05) is 31.2 Å². The second-order valence-corrected chi connectivity index (χ2v) is 7.78. The molecule has 7 nitrogen and oxygen atoms in total. The maximum absolute atomic E-state index is 15.6. The molecule has 9 heteroatoms. The molecule has 0 spiro atoms. The molecule has 2 N–H and O–H groups in total. The summed E-state index contributed by atoms with van der Waals surface area (Å²) in [6.45, 7) is 3.60. The summed E-state index contributed by atoms with van der Waals surface area (Å²) >= 11 is -1.90. The van der Waals surface area contributed by atoms with Crippen LogP contribution >= 0.6 is 0 Å². The number of nitrogens with one attached hydrogen (secondary N) is 1. The number of carboxylic acid groups (broad SMARTS) is 1. The molecule has 0 saturated heterocycles. The number of fused-ring (bicyclic) bond motifs is 1. The van der Waals surface area contributed by atoms with Gasteiger partial charge in [0.15, 0.2) is 17.0 Å². The Morgan fingerprint density at radius 2 is 2.10 bits per heavy atom. The van der Waals surface area contributed by atoms with Crippen molar-refractivity contribution in [2.45, 2.75) is 20.3 Å². The Morgan fingerprint density at radius 1 is 1.35 bits per heavy atom. The van der Waals surface area contributed by atoms with Crippen molar-refractivity contribution < 1.29 is 28.0 Å². The van der Waals surface area contributed by atoms with Gasteiger partial charge in [0.2, 0.25) is 0 Å². The number of aromatic carboxylic acids is 1. The fourth-order valence-electron chi connectivity index (χ4n) is 3.04. The highest BCUT2D eigenvalue weighted by Crippen LogP contribution is 2.38. The van der Waals surface area contributed by atoms with Crippen molar-refractivity contribution in [1.29, 1.82) is 0 Å². The summed E-state index contributed by atoms with van der Waals surface area (Å²) in [5, 5.41) is 9.69. The molecule has 31 heavy (non-hydrogen) atoms. The van der Waals surface area contributed by atoms with E-state index in [1.54, 1.807) is 0 Å². The lowest BCUT2D eigenvalue weighted by Crippen LogP contribution is -2.35. The SMILES string of the molecule is C/C=C\C(=C/CC)COc1cc2cc(C(=O)O)ccc2c(F)c1N(CC=O)S(=O)NC. The number of carboxylic acids is 1. The topological polar surface area (TPSA) is 95.9 Å². The molecular weight excluding hydrogens is 423 g/mol. The number of ether oxygens (including phenoxy) is 1. The Labute approximate surface area is 182 Å². The molecule has 0 heterocycles. The van der Waals surface area contributed by atoms with Crippen molar-refractivity contribution in [3.8, 4) is 5.75 Å². The average molecular weight is 449 g/mol. The fourth-order valence-corrected chi connectivity index (χ4v) is 3.79. The van der Waals surface area contributed by atoms with Crippen LogP contribution in [0.4, 0.5) is 10.1 Å². The summed E-state index contributed by atoms with van der Waals surface area (Å²) in [5.41, 5.74) is 0.703. The zero-order chi connectivity index (χ0) is 23.0. The largest absolute Gasteiger partial charge is 0.487 e. The zero-order valence-corrected chi connectivity index (χ0v) is 18.4. The van der Waals surface area contributed by atoms with Crippen molar-refractivity contribution in [3.05, 3.63) is 59.4 Å². The standard InChI is InChI=1S/C22H25FN2O5S/c1-4-6-15(7-5-2)14-30-19-13-17-12-16(22(27)28)8-9-18(17)20(23)21(19)25(10-11-26)31(29)24-3/h4,6-9,11-13,24H,5,10,14H2,1-3H3,(H,27,28)/b6-4-,15-7+. The van der Waals surface area contributed by atoms with E-state index in [9.17, 15) is 18.9 Å². The van der Waals surface area contributed by atoms with E-state index in [1.807, 2.05) is 32.1 Å². The highest BCUT2D eigenvalue weighted by atomic mass is 32.2. The van der Waals surface area contributed by atoms with E-state index < -0.39 is 23.0 Å². The minimum Gasteiger partial charge on any atom is -0.487 e. The van der Waals surface area contributed by atoms with Crippen molar-refractivity contribution in [1.82, 2.24) is 4.72 Å². The van der Waals surface area contributed by atoms with Gasteiger partial charge < -0.3 is 14.6 Å². The molecule has 0 bridgehead atoms. The first-order valence-electron chi connectivity index (χ1n) is 9.62. The summed E-state index contributed by atoms with van der Waals surface area (Å²) in [6, 6.07) is 5.45. The van der Waals surface area contributed by atoms with Crippen LogP contribution in [0.25, 0.3) is 10.8 Å². The zero-order valence-electron chi connectivity index (χ0n) is 17.6. The number of rotatable bonds is 11. The predicted molar refractivity (Wildman–Crippen MR) is 120 cm³/mol. The predicted octanol–water partition coefficient (Wildman–Crippen LogP) is 3.77. The van der Waals surface area contributed by atoms with Crippen LogP contribution in [0.5, 0.6) is 5.75 Å². The maximum atomic E-state index is 15.6. The normalized spacial score (nSPS) is 12.8. The number of anilines is 1. The first kappa shape index (κ1) is 24.2. The lowest BCUT2D eigenvalue weighted by atomic mass is 10.0. The van der Waals surface area contributed by atoms with Gasteiger partial charge in [0, 0.05) is 5.39 Å². The second kappa shape index (κ2) is 11.4. The summed E-state index contributed by atoms with van der Waals surface area (Å²) in [4.78, 5) is 22.5. The monoisotopic (exact) mass is 448 g/mol. The van der Waals surface area contributed by atoms with Gasteiger partial charge in [-0.05, 0) is 49.6 Å². The van der Waals surface area contributed by atoms with Crippen LogP contribution in [-0.2, 0) is 16.0 Å². The van der Waals surface area contributed by atoms with Gasteiger partial charge in [-0.2, -0.15) is 0 Å². The molecule has 0 saturated carbocycles. The highest BCUT2D eigenvalue weighted by molar-refractivity contribution is 7.84. The third-order valence-electron chi connectivity index (χ3n) is 4.37. The Kier molecular flexibility index (Phi) is 8.89. The molecule has 1 unspecified atom stereocenters. The Hall–Kier alpha value is -3.04. The van der Waals surface area contributed by atoms with E-state index in [-0.39, 0.29) is 35.5 Å². The van der Waals surface area contributed by atoms with Gasteiger partial charge in [-0.25, -0.2) is 18.1 Å². The number of carbonyl (C=O) groups is 2. The summed E-state index contributed by atoms with van der Waals surface area (Å²) in [5.74, 6) is -1.86. The van der Waals surface area contributed by atoms with Gasteiger partial charge in [-0.15, -0.1) is 0 Å². The van der Waals surface area contributed by atoms with E-state index >= 15 is 4.39 Å². The van der Waals surface area contributed by atoms with Gasteiger partial charge in [0.25, 0.3) is 0 Å². The van der Waals surface area contributed by atoms with Gasteiger partial charge in [0.05, 0.1) is 12.1 Å². The van der Waals surface area contributed by atoms with Crippen molar-refractivity contribution in [2.24, 2.45) is 0 Å². The van der Waals surface area contributed by atoms with Crippen LogP contribution in [0.2, 0.25) is 0 Å². The van der Waals surface area contributed by atoms with Gasteiger partial charge in [0.1, 0.15) is 24.3 Å². The average Bonchev–Trinajstić information content (AvgIpc) is 2.75. The quantitative estimate of drug-likeness (QED) is 0.403. The number of hydrogen-bond donors (Lipinski definition) is 2. The smallest absolute Gasteiger partial charge is 0.335 e. The van der Waals surface area contributed by atoms with Crippen molar-refractivity contribution in [2.75, 3.05) is 24.5 Å². The van der Waals surface area contributed by atoms with Crippen LogP contribution in [0.3, 0.4) is 0 Å². The van der Waals surface area contributed by atoms with Gasteiger partial charge in [-0.3, -0.25) is 4.31 Å². The third-order valence-corrected chi connectivity index (χ3v) is 5.45. The van der Waals surface area contributed by atoms with Crippen LogP contribution in [0.15, 0.2) is 48.1 Å². The molecule has 1 atom stereocenters. The number of aldehydes is 1.